The lowest BCUT2D eigenvalue weighted by Crippen LogP contribution is -2.48. The molecule has 0 bridgehead atoms. The molecular formula is C35H39F3N8O11. The average Bonchev–Trinajstić information content (AvgIpc) is 3.50. The van der Waals surface area contributed by atoms with Gasteiger partial charge in [-0.2, -0.15) is 13.2 Å². The molecule has 1 aliphatic rings. The summed E-state index contributed by atoms with van der Waals surface area (Å²) in [4.78, 5) is 79.2. The minimum Gasteiger partial charge on any atom is -0.475 e. The number of alkyl halides is 3. The zero-order chi connectivity index (χ0) is 42.1. The number of carboxylic acid groups (broad SMARTS) is 1. The second kappa shape index (κ2) is 21.3. The van der Waals surface area contributed by atoms with Crippen molar-refractivity contribution >= 4 is 46.8 Å². The first kappa shape index (κ1) is 44.6. The van der Waals surface area contributed by atoms with Crippen LogP contribution in [0.4, 0.5) is 35.0 Å². The first-order valence-electron chi connectivity index (χ1n) is 17.1. The fraction of sp³-hybridized carbons (Fsp3) is 0.343. The number of anilines is 1. The van der Waals surface area contributed by atoms with Crippen LogP contribution in [0.1, 0.15) is 36.3 Å². The van der Waals surface area contributed by atoms with Gasteiger partial charge < -0.3 is 42.2 Å². The molecular weight excluding hydrogens is 765 g/mol. The van der Waals surface area contributed by atoms with Gasteiger partial charge in [-0.3, -0.25) is 34.6 Å². The van der Waals surface area contributed by atoms with Crippen molar-refractivity contribution in [3.8, 4) is 11.1 Å². The molecule has 0 saturated heterocycles. The van der Waals surface area contributed by atoms with Gasteiger partial charge in [0.2, 0.25) is 17.7 Å². The third-order valence-electron chi connectivity index (χ3n) is 8.20. The number of fused-ring (bicyclic) bond motifs is 3. The van der Waals surface area contributed by atoms with Crippen molar-refractivity contribution in [2.24, 2.45) is 5.73 Å². The summed E-state index contributed by atoms with van der Waals surface area (Å²) in [5.41, 5.74) is 8.50. The van der Waals surface area contributed by atoms with Crippen LogP contribution in [-0.4, -0.2) is 96.3 Å². The predicted octanol–water partition coefficient (Wildman–Crippen LogP) is 2.93. The predicted molar refractivity (Wildman–Crippen MR) is 196 cm³/mol. The van der Waals surface area contributed by atoms with Gasteiger partial charge in [0, 0.05) is 31.6 Å². The van der Waals surface area contributed by atoms with Crippen LogP contribution in [0.3, 0.4) is 0 Å². The van der Waals surface area contributed by atoms with E-state index in [1.165, 1.54) is 6.07 Å². The number of carbonyl (C=O) groups excluding carboxylic acids is 4. The Morgan fingerprint density at radius 1 is 0.825 bits per heavy atom. The maximum absolute atomic E-state index is 13.2. The fourth-order valence-corrected chi connectivity index (χ4v) is 5.51. The minimum absolute atomic E-state index is 0.000419. The van der Waals surface area contributed by atoms with E-state index in [-0.39, 0.29) is 57.4 Å². The number of rotatable bonds is 18. The number of hydrogen-bond acceptors (Lipinski definition) is 12. The van der Waals surface area contributed by atoms with Gasteiger partial charge in [-0.1, -0.05) is 48.5 Å². The molecule has 57 heavy (non-hydrogen) atoms. The number of nitro groups is 2. The number of amides is 4. The molecule has 3 aromatic rings. The van der Waals surface area contributed by atoms with Crippen LogP contribution < -0.4 is 32.3 Å². The molecule has 4 amide bonds. The lowest BCUT2D eigenvalue weighted by molar-refractivity contribution is -0.393. The lowest BCUT2D eigenvalue weighted by atomic mass is 9.98. The Kier molecular flexibility index (Phi) is 16.7. The molecule has 0 fully saturated rings. The standard InChI is InChI=1S/C33H38N8O9.C2HF3O2/c34-18-30(42)38-19-31(43)36-14-6-5-11-28(32(44)37-16-15-35-27-13-12-21(40(46)47)17-29(27)41(48)49)39-33(45)50-20-26-24-9-3-1-7-22(24)23-8-2-4-10-25(23)26;3-2(4,5)1(6)7/h1-4,7-10,12-13,17,26,28,35H,5-6,11,14-16,18-20,34H2,(H,36,43)(H,37,44)(H,38,42)(H,39,45);(H,6,7)/t28-;/m0./s1. The van der Waals surface area contributed by atoms with Crippen molar-refractivity contribution in [3.63, 3.8) is 0 Å². The Bertz CT molecular complexity index is 1900. The fourth-order valence-electron chi connectivity index (χ4n) is 5.51. The summed E-state index contributed by atoms with van der Waals surface area (Å²) >= 11 is 0. The summed E-state index contributed by atoms with van der Waals surface area (Å²) in [6.07, 6.45) is -4.81. The van der Waals surface area contributed by atoms with E-state index in [0.29, 0.717) is 12.8 Å². The molecule has 1 aliphatic carbocycles. The molecule has 19 nitrogen and oxygen atoms in total. The van der Waals surface area contributed by atoms with Crippen LogP contribution in [0.15, 0.2) is 66.7 Å². The number of benzene rings is 3. The number of hydrogen-bond donors (Lipinski definition) is 7. The van der Waals surface area contributed by atoms with Gasteiger partial charge in [0.1, 0.15) is 18.3 Å². The zero-order valence-corrected chi connectivity index (χ0v) is 30.0. The summed E-state index contributed by atoms with van der Waals surface area (Å²) in [5.74, 6) is -4.35. The maximum atomic E-state index is 13.2. The Labute approximate surface area is 321 Å². The largest absolute Gasteiger partial charge is 0.490 e. The van der Waals surface area contributed by atoms with E-state index in [4.69, 9.17) is 20.4 Å². The number of ether oxygens (including phenoxy) is 1. The van der Waals surface area contributed by atoms with Gasteiger partial charge >= 0.3 is 18.2 Å². The van der Waals surface area contributed by atoms with E-state index < -0.39 is 63.2 Å². The van der Waals surface area contributed by atoms with Crippen molar-refractivity contribution in [3.05, 3.63) is 98.1 Å². The highest BCUT2D eigenvalue weighted by molar-refractivity contribution is 5.86. The van der Waals surface area contributed by atoms with Gasteiger partial charge in [0.25, 0.3) is 11.4 Å². The van der Waals surface area contributed by atoms with Crippen LogP contribution in [-0.2, 0) is 23.9 Å². The Balaban J connectivity index is 0.00000113. The van der Waals surface area contributed by atoms with Gasteiger partial charge in [-0.15, -0.1) is 0 Å². The van der Waals surface area contributed by atoms with E-state index >= 15 is 0 Å². The van der Waals surface area contributed by atoms with Crippen molar-refractivity contribution in [1.29, 1.82) is 0 Å². The van der Waals surface area contributed by atoms with E-state index in [9.17, 15) is 52.6 Å². The van der Waals surface area contributed by atoms with E-state index in [0.717, 1.165) is 34.4 Å². The van der Waals surface area contributed by atoms with Crippen molar-refractivity contribution < 1.29 is 56.8 Å². The van der Waals surface area contributed by atoms with Gasteiger partial charge in [0.15, 0.2) is 0 Å². The number of halogens is 3. The number of aliphatic carboxylic acids is 1. The number of nitrogens with two attached hydrogens (primary N) is 1. The number of carbonyl (C=O) groups is 5. The summed E-state index contributed by atoms with van der Waals surface area (Å²) in [7, 11) is 0. The zero-order valence-electron chi connectivity index (χ0n) is 30.0. The number of nitrogens with one attached hydrogen (secondary N) is 5. The molecule has 3 aromatic carbocycles. The highest BCUT2D eigenvalue weighted by Gasteiger charge is 2.38. The smallest absolute Gasteiger partial charge is 0.475 e. The second-order valence-electron chi connectivity index (χ2n) is 12.1. The Hall–Kier alpha value is -6.84. The molecule has 0 aromatic heterocycles. The van der Waals surface area contributed by atoms with Crippen LogP contribution >= 0.6 is 0 Å². The Morgan fingerprint density at radius 3 is 2.00 bits per heavy atom. The molecule has 4 rings (SSSR count). The summed E-state index contributed by atoms with van der Waals surface area (Å²) in [6, 6.07) is 17.9. The molecule has 0 spiro atoms. The van der Waals surface area contributed by atoms with Gasteiger partial charge in [-0.25, -0.2) is 9.59 Å². The number of carboxylic acids is 1. The van der Waals surface area contributed by atoms with Crippen molar-refractivity contribution in [2.75, 3.05) is 44.6 Å². The highest BCUT2D eigenvalue weighted by atomic mass is 19.4. The normalized spacial score (nSPS) is 12.0. The summed E-state index contributed by atoms with van der Waals surface area (Å²) in [5, 5.41) is 42.7. The van der Waals surface area contributed by atoms with E-state index in [1.807, 2.05) is 48.5 Å². The molecule has 0 saturated carbocycles. The Morgan fingerprint density at radius 2 is 1.44 bits per heavy atom. The third-order valence-corrected chi connectivity index (χ3v) is 8.20. The minimum atomic E-state index is -5.08. The maximum Gasteiger partial charge on any atom is 0.490 e. The second-order valence-corrected chi connectivity index (χ2v) is 12.1. The number of unbranched alkanes of at least 4 members (excludes halogenated alkanes) is 1. The number of non-ortho nitro benzene ring substituents is 1. The molecule has 0 aliphatic heterocycles. The first-order chi connectivity index (χ1) is 27.0. The topological polar surface area (TPSA) is 287 Å². The van der Waals surface area contributed by atoms with E-state index in [1.54, 1.807) is 0 Å². The molecule has 8 N–H and O–H groups in total. The highest BCUT2D eigenvalue weighted by Crippen LogP contribution is 2.44. The van der Waals surface area contributed by atoms with Crippen molar-refractivity contribution in [2.45, 2.75) is 37.4 Å². The lowest BCUT2D eigenvalue weighted by Gasteiger charge is -2.20. The van der Waals surface area contributed by atoms with Gasteiger partial charge in [-0.05, 0) is 47.6 Å². The summed E-state index contributed by atoms with van der Waals surface area (Å²) in [6.45, 7) is -0.121. The number of alkyl carbamates (subject to hydrolysis) is 1. The van der Waals surface area contributed by atoms with Crippen LogP contribution in [0.5, 0.6) is 0 Å². The summed E-state index contributed by atoms with van der Waals surface area (Å²) < 4.78 is 37.4. The quantitative estimate of drug-likeness (QED) is 0.0554. The SMILES string of the molecule is NCC(=O)NCC(=O)NCCCC[C@H](NC(=O)OCC1c2ccccc2-c2ccccc21)C(=O)NCCNc1ccc([N+](=O)[O-])cc1[N+](=O)[O-].O=C(O)C(F)(F)F. The number of nitro benzene ring substituents is 2. The van der Waals surface area contributed by atoms with Crippen LogP contribution in [0.25, 0.3) is 11.1 Å². The van der Waals surface area contributed by atoms with E-state index in [2.05, 4.69) is 26.6 Å². The van der Waals surface area contributed by atoms with Gasteiger partial charge in [0.05, 0.1) is 29.0 Å². The molecule has 0 radical (unpaired) electrons. The molecule has 22 heteroatoms. The molecule has 1 atom stereocenters. The van der Waals surface area contributed by atoms with Crippen LogP contribution in [0.2, 0.25) is 0 Å². The molecule has 0 heterocycles. The number of nitrogens with zero attached hydrogens (tertiary/aromatic N) is 2. The molecule has 306 valence electrons. The van der Waals surface area contributed by atoms with Crippen molar-refractivity contribution in [1.82, 2.24) is 21.3 Å². The van der Waals surface area contributed by atoms with Crippen LogP contribution in [0, 0.1) is 20.2 Å². The monoisotopic (exact) mass is 804 g/mol. The molecule has 0 unspecified atom stereocenters. The first-order valence-corrected chi connectivity index (χ1v) is 17.1. The third kappa shape index (κ3) is 13.8. The average molecular weight is 805 g/mol.